The van der Waals surface area contributed by atoms with Crippen molar-refractivity contribution < 1.29 is 13.9 Å². The summed E-state index contributed by atoms with van der Waals surface area (Å²) >= 11 is 0. The molecule has 0 aliphatic heterocycles. The molecule has 0 aliphatic rings. The summed E-state index contributed by atoms with van der Waals surface area (Å²) in [6.07, 6.45) is 1.49. The number of carbonyl (C=O) groups is 1. The number of halogens is 1. The van der Waals surface area contributed by atoms with Crippen molar-refractivity contribution in [2.24, 2.45) is 0 Å². The number of hydrogen-bond donors (Lipinski definition) is 1. The van der Waals surface area contributed by atoms with E-state index in [1.54, 1.807) is 20.8 Å². The molecule has 1 aromatic rings. The van der Waals surface area contributed by atoms with Gasteiger partial charge in [-0.05, 0) is 26.8 Å². The van der Waals surface area contributed by atoms with Crippen LogP contribution in [0.25, 0.3) is 6.08 Å². The van der Waals surface area contributed by atoms with Crippen molar-refractivity contribution in [3.63, 3.8) is 0 Å². The molecule has 0 fully saturated rings. The van der Waals surface area contributed by atoms with E-state index < -0.39 is 17.5 Å². The molecule has 5 nitrogen and oxygen atoms in total. The van der Waals surface area contributed by atoms with Gasteiger partial charge in [-0.2, -0.15) is 0 Å². The van der Waals surface area contributed by atoms with Crippen molar-refractivity contribution in [2.45, 2.75) is 26.4 Å². The van der Waals surface area contributed by atoms with Gasteiger partial charge < -0.3 is 4.74 Å². The molecule has 0 atom stereocenters. The normalized spacial score (nSPS) is 10.8. The minimum absolute atomic E-state index is 0.0195. The van der Waals surface area contributed by atoms with Crippen molar-refractivity contribution in [1.82, 2.24) is 9.97 Å². The van der Waals surface area contributed by atoms with Gasteiger partial charge >= 0.3 is 6.09 Å². The van der Waals surface area contributed by atoms with Gasteiger partial charge in [0, 0.05) is 0 Å². The molecule has 92 valence electrons. The molecule has 0 spiro atoms. The van der Waals surface area contributed by atoms with E-state index >= 15 is 0 Å². The van der Waals surface area contributed by atoms with Crippen LogP contribution in [-0.2, 0) is 4.74 Å². The van der Waals surface area contributed by atoms with E-state index in [9.17, 15) is 9.18 Å². The number of aromatic nitrogens is 2. The Labute approximate surface area is 98.7 Å². The van der Waals surface area contributed by atoms with Crippen LogP contribution in [0.4, 0.5) is 15.1 Å². The number of amides is 1. The predicted molar refractivity (Wildman–Crippen MR) is 61.9 cm³/mol. The summed E-state index contributed by atoms with van der Waals surface area (Å²) < 4.78 is 18.0. The minimum atomic E-state index is -0.695. The fraction of sp³-hybridized carbons (Fsp3) is 0.364. The molecule has 0 radical (unpaired) electrons. The number of rotatable bonds is 2. The summed E-state index contributed by atoms with van der Waals surface area (Å²) in [6, 6.07) is 0. The van der Waals surface area contributed by atoms with E-state index in [4.69, 9.17) is 4.74 Å². The fourth-order valence-corrected chi connectivity index (χ4v) is 0.979. The molecule has 0 aromatic carbocycles. The average Bonchev–Trinajstić information content (AvgIpc) is 2.18. The van der Waals surface area contributed by atoms with Gasteiger partial charge in [0.1, 0.15) is 11.3 Å². The molecule has 0 unspecified atom stereocenters. The Hall–Kier alpha value is -1.98. The number of nitrogens with zero attached hydrogens (tertiary/aromatic N) is 2. The van der Waals surface area contributed by atoms with Crippen LogP contribution in [0.5, 0.6) is 0 Å². The van der Waals surface area contributed by atoms with Crippen LogP contribution in [0.1, 0.15) is 26.5 Å². The summed E-state index contributed by atoms with van der Waals surface area (Å²) in [5.74, 6) is -0.634. The zero-order chi connectivity index (χ0) is 13.1. The highest BCUT2D eigenvalue weighted by Gasteiger charge is 2.17. The van der Waals surface area contributed by atoms with Gasteiger partial charge in [-0.15, -0.1) is 0 Å². The van der Waals surface area contributed by atoms with Crippen LogP contribution in [-0.4, -0.2) is 21.7 Å². The molecule has 1 aromatic heterocycles. The number of ether oxygens (including phenoxy) is 1. The summed E-state index contributed by atoms with van der Waals surface area (Å²) in [7, 11) is 0. The molecule has 1 heterocycles. The maximum Gasteiger partial charge on any atom is 0.414 e. The second kappa shape index (κ2) is 4.90. The summed E-state index contributed by atoms with van der Waals surface area (Å²) in [5.41, 5.74) is -0.600. The average molecular weight is 239 g/mol. The highest BCUT2D eigenvalue weighted by Crippen LogP contribution is 2.10. The largest absolute Gasteiger partial charge is 0.444 e. The Morgan fingerprint density at radius 1 is 1.59 bits per heavy atom. The van der Waals surface area contributed by atoms with Crippen LogP contribution in [0.15, 0.2) is 12.8 Å². The maximum atomic E-state index is 13.0. The second-order valence-electron chi connectivity index (χ2n) is 4.26. The molecule has 1 rings (SSSR count). The monoisotopic (exact) mass is 239 g/mol. The van der Waals surface area contributed by atoms with E-state index in [0.29, 0.717) is 0 Å². The van der Waals surface area contributed by atoms with Crippen molar-refractivity contribution >= 4 is 18.1 Å². The highest BCUT2D eigenvalue weighted by atomic mass is 19.1. The predicted octanol–water partition coefficient (Wildman–Crippen LogP) is 2.61. The van der Waals surface area contributed by atoms with E-state index in [1.165, 1.54) is 6.08 Å². The van der Waals surface area contributed by atoms with Gasteiger partial charge in [0.15, 0.2) is 5.82 Å². The molecule has 0 saturated heterocycles. The molecule has 0 saturated carbocycles. The maximum absolute atomic E-state index is 13.0. The Kier molecular flexibility index (Phi) is 3.77. The molecule has 0 bridgehead atoms. The first-order valence-electron chi connectivity index (χ1n) is 4.97. The van der Waals surface area contributed by atoms with Crippen molar-refractivity contribution in [2.75, 3.05) is 5.32 Å². The van der Waals surface area contributed by atoms with Gasteiger partial charge in [-0.25, -0.2) is 19.2 Å². The van der Waals surface area contributed by atoms with Crippen LogP contribution in [0.2, 0.25) is 0 Å². The molecule has 1 amide bonds. The van der Waals surface area contributed by atoms with E-state index in [-0.39, 0.29) is 11.6 Å². The SMILES string of the molecule is C=Cc1nc(NC(=O)OC(C)(C)C)ncc1F. The lowest BCUT2D eigenvalue weighted by molar-refractivity contribution is 0.0634. The highest BCUT2D eigenvalue weighted by molar-refractivity contribution is 5.82. The number of hydrogen-bond acceptors (Lipinski definition) is 4. The van der Waals surface area contributed by atoms with Crippen LogP contribution < -0.4 is 5.32 Å². The van der Waals surface area contributed by atoms with Crippen LogP contribution in [0, 0.1) is 5.82 Å². The Morgan fingerprint density at radius 2 is 2.24 bits per heavy atom. The number of carbonyl (C=O) groups excluding carboxylic acids is 1. The standard InChI is InChI=1S/C11H14FN3O2/c1-5-8-7(12)6-13-9(14-8)15-10(16)17-11(2,3)4/h5-6H,1H2,2-4H3,(H,13,14,15,16). The molecule has 6 heteroatoms. The van der Waals surface area contributed by atoms with Crippen LogP contribution >= 0.6 is 0 Å². The Bertz CT molecular complexity index is 441. The lowest BCUT2D eigenvalue weighted by atomic mass is 10.2. The van der Waals surface area contributed by atoms with Crippen molar-refractivity contribution in [3.8, 4) is 0 Å². The number of anilines is 1. The first-order valence-corrected chi connectivity index (χ1v) is 4.97. The van der Waals surface area contributed by atoms with Gasteiger partial charge in [0.2, 0.25) is 5.95 Å². The lowest BCUT2D eigenvalue weighted by Gasteiger charge is -2.19. The summed E-state index contributed by atoms with van der Waals surface area (Å²) in [4.78, 5) is 18.7. The third kappa shape index (κ3) is 4.18. The smallest absolute Gasteiger partial charge is 0.414 e. The fourth-order valence-electron chi connectivity index (χ4n) is 0.979. The van der Waals surface area contributed by atoms with Crippen LogP contribution in [0.3, 0.4) is 0 Å². The van der Waals surface area contributed by atoms with Crippen molar-refractivity contribution in [1.29, 1.82) is 0 Å². The zero-order valence-electron chi connectivity index (χ0n) is 9.95. The lowest BCUT2D eigenvalue weighted by Crippen LogP contribution is -2.27. The molecular weight excluding hydrogens is 225 g/mol. The van der Waals surface area contributed by atoms with Gasteiger partial charge in [-0.1, -0.05) is 6.58 Å². The summed E-state index contributed by atoms with van der Waals surface area (Å²) in [5, 5.41) is 2.30. The van der Waals surface area contributed by atoms with E-state index in [2.05, 4.69) is 21.9 Å². The minimum Gasteiger partial charge on any atom is -0.444 e. The third-order valence-electron chi connectivity index (χ3n) is 1.58. The molecular formula is C11H14FN3O2. The van der Waals surface area contributed by atoms with E-state index in [0.717, 1.165) is 6.20 Å². The third-order valence-corrected chi connectivity index (χ3v) is 1.58. The van der Waals surface area contributed by atoms with Crippen molar-refractivity contribution in [3.05, 3.63) is 24.3 Å². The molecule has 1 N–H and O–H groups in total. The number of nitrogens with one attached hydrogen (secondary N) is 1. The Balaban J connectivity index is 2.75. The first kappa shape index (κ1) is 13.1. The molecule has 0 aliphatic carbocycles. The quantitative estimate of drug-likeness (QED) is 0.861. The van der Waals surface area contributed by atoms with Gasteiger partial charge in [0.05, 0.1) is 6.20 Å². The second-order valence-corrected chi connectivity index (χ2v) is 4.26. The van der Waals surface area contributed by atoms with Gasteiger partial charge in [0.25, 0.3) is 0 Å². The zero-order valence-corrected chi connectivity index (χ0v) is 9.95. The summed E-state index contributed by atoms with van der Waals surface area (Å²) in [6.45, 7) is 8.59. The molecule has 17 heavy (non-hydrogen) atoms. The topological polar surface area (TPSA) is 64.1 Å². The Morgan fingerprint density at radius 3 is 2.76 bits per heavy atom. The first-order chi connectivity index (χ1) is 7.81. The van der Waals surface area contributed by atoms with Gasteiger partial charge in [-0.3, -0.25) is 5.32 Å². The van der Waals surface area contributed by atoms with E-state index in [1.807, 2.05) is 0 Å².